The SMILES string of the molecule is CC(NC(=O)c1n[nH]c2ccccc12)C(=O)NCC(c1ccc(C(F)(F)F)cc1)N1CCOCC1. The second kappa shape index (κ2) is 10.4. The highest BCUT2D eigenvalue weighted by molar-refractivity contribution is 6.05. The summed E-state index contributed by atoms with van der Waals surface area (Å²) in [5.74, 6) is -0.902. The minimum atomic E-state index is -4.42. The maximum atomic E-state index is 13.0. The van der Waals surface area contributed by atoms with Crippen LogP contribution in [0, 0.1) is 0 Å². The Morgan fingerprint density at radius 2 is 1.80 bits per heavy atom. The Morgan fingerprint density at radius 3 is 2.49 bits per heavy atom. The first-order valence-corrected chi connectivity index (χ1v) is 11.2. The molecule has 1 aromatic heterocycles. The number of aromatic nitrogens is 2. The highest BCUT2D eigenvalue weighted by Gasteiger charge is 2.31. The van der Waals surface area contributed by atoms with Crippen molar-refractivity contribution < 1.29 is 27.5 Å². The average molecular weight is 489 g/mol. The molecule has 2 amide bonds. The molecule has 0 bridgehead atoms. The molecule has 1 aliphatic heterocycles. The molecule has 186 valence electrons. The largest absolute Gasteiger partial charge is 0.416 e. The number of rotatable bonds is 7. The molecule has 3 aromatic rings. The molecule has 11 heteroatoms. The molecule has 2 atom stereocenters. The van der Waals surface area contributed by atoms with Crippen LogP contribution in [0.15, 0.2) is 48.5 Å². The number of para-hydroxylation sites is 1. The number of carbonyl (C=O) groups excluding carboxylic acids is 2. The van der Waals surface area contributed by atoms with Gasteiger partial charge in [-0.2, -0.15) is 18.3 Å². The van der Waals surface area contributed by atoms with E-state index in [-0.39, 0.29) is 18.3 Å². The van der Waals surface area contributed by atoms with Gasteiger partial charge < -0.3 is 15.4 Å². The number of amides is 2. The molecule has 1 fully saturated rings. The molecule has 3 N–H and O–H groups in total. The van der Waals surface area contributed by atoms with Crippen molar-refractivity contribution in [1.82, 2.24) is 25.7 Å². The Hall–Kier alpha value is -3.44. The lowest BCUT2D eigenvalue weighted by molar-refractivity contribution is -0.137. The van der Waals surface area contributed by atoms with Crippen LogP contribution >= 0.6 is 0 Å². The number of H-pyrrole nitrogens is 1. The summed E-state index contributed by atoms with van der Waals surface area (Å²) >= 11 is 0. The second-order valence-electron chi connectivity index (χ2n) is 8.34. The lowest BCUT2D eigenvalue weighted by Crippen LogP contribution is -2.48. The molecular weight excluding hydrogens is 463 g/mol. The molecule has 1 aliphatic rings. The molecule has 8 nitrogen and oxygen atoms in total. The number of benzene rings is 2. The Labute approximate surface area is 199 Å². The van der Waals surface area contributed by atoms with E-state index in [1.807, 2.05) is 6.07 Å². The van der Waals surface area contributed by atoms with Crippen molar-refractivity contribution in [2.75, 3.05) is 32.8 Å². The predicted molar refractivity (Wildman–Crippen MR) is 123 cm³/mol. The minimum Gasteiger partial charge on any atom is -0.379 e. The molecule has 1 saturated heterocycles. The van der Waals surface area contributed by atoms with E-state index in [9.17, 15) is 22.8 Å². The number of aromatic amines is 1. The van der Waals surface area contributed by atoms with E-state index in [0.29, 0.717) is 42.8 Å². The van der Waals surface area contributed by atoms with Crippen LogP contribution in [0.3, 0.4) is 0 Å². The van der Waals surface area contributed by atoms with Crippen LogP contribution in [0.4, 0.5) is 13.2 Å². The van der Waals surface area contributed by atoms with Crippen LogP contribution in [-0.4, -0.2) is 65.8 Å². The monoisotopic (exact) mass is 489 g/mol. The zero-order chi connectivity index (χ0) is 25.0. The van der Waals surface area contributed by atoms with Gasteiger partial charge in [0.2, 0.25) is 5.91 Å². The van der Waals surface area contributed by atoms with Gasteiger partial charge in [0.1, 0.15) is 6.04 Å². The lowest BCUT2D eigenvalue weighted by Gasteiger charge is -2.35. The van der Waals surface area contributed by atoms with E-state index in [0.717, 1.165) is 12.1 Å². The number of alkyl halides is 3. The summed E-state index contributed by atoms with van der Waals surface area (Å²) in [6.45, 7) is 3.88. The number of morpholine rings is 1. The second-order valence-corrected chi connectivity index (χ2v) is 8.34. The third-order valence-electron chi connectivity index (χ3n) is 6.01. The first-order valence-electron chi connectivity index (χ1n) is 11.2. The van der Waals surface area contributed by atoms with Crippen LogP contribution in [0.25, 0.3) is 10.9 Å². The Morgan fingerprint density at radius 1 is 1.11 bits per heavy atom. The first kappa shape index (κ1) is 24.7. The summed E-state index contributed by atoms with van der Waals surface area (Å²) in [5.41, 5.74) is 0.823. The predicted octanol–water partition coefficient (Wildman–Crippen LogP) is 2.89. The number of hydrogen-bond donors (Lipinski definition) is 3. The van der Waals surface area contributed by atoms with E-state index in [1.165, 1.54) is 12.1 Å². The molecule has 0 saturated carbocycles. The van der Waals surface area contributed by atoms with Gasteiger partial charge in [-0.3, -0.25) is 19.6 Å². The maximum Gasteiger partial charge on any atom is 0.416 e. The number of nitrogens with zero attached hydrogens (tertiary/aromatic N) is 2. The van der Waals surface area contributed by atoms with Gasteiger partial charge in [0.05, 0.1) is 30.3 Å². The van der Waals surface area contributed by atoms with Gasteiger partial charge in [0.25, 0.3) is 5.91 Å². The molecule has 35 heavy (non-hydrogen) atoms. The molecule has 0 aliphatic carbocycles. The third-order valence-corrected chi connectivity index (χ3v) is 6.01. The summed E-state index contributed by atoms with van der Waals surface area (Å²) in [7, 11) is 0. The topological polar surface area (TPSA) is 99.3 Å². The van der Waals surface area contributed by atoms with Crippen molar-refractivity contribution in [1.29, 1.82) is 0 Å². The number of ether oxygens (including phenoxy) is 1. The third kappa shape index (κ3) is 5.80. The number of halogens is 3. The Bertz CT molecular complexity index is 1170. The number of hydrogen-bond acceptors (Lipinski definition) is 5. The molecule has 2 heterocycles. The van der Waals surface area contributed by atoms with Gasteiger partial charge in [0.15, 0.2) is 5.69 Å². The zero-order valence-corrected chi connectivity index (χ0v) is 19.1. The average Bonchev–Trinajstić information content (AvgIpc) is 3.29. The fourth-order valence-corrected chi connectivity index (χ4v) is 4.06. The van der Waals surface area contributed by atoms with Crippen LogP contribution in [-0.2, 0) is 15.7 Å². The van der Waals surface area contributed by atoms with Gasteiger partial charge in [-0.05, 0) is 30.7 Å². The molecule has 2 unspecified atom stereocenters. The standard InChI is InChI=1S/C24H26F3N5O3/c1-15(29-23(34)21-18-4-2-3-5-19(18)30-31-21)22(33)28-14-20(32-10-12-35-13-11-32)16-6-8-17(9-7-16)24(25,26)27/h2-9,15,20H,10-14H2,1H3,(H,28,33)(H,29,34)(H,30,31). The highest BCUT2D eigenvalue weighted by atomic mass is 19.4. The van der Waals surface area contributed by atoms with Crippen molar-refractivity contribution in [2.24, 2.45) is 0 Å². The fourth-order valence-electron chi connectivity index (χ4n) is 4.06. The summed E-state index contributed by atoms with van der Waals surface area (Å²) in [4.78, 5) is 27.5. The molecule has 0 spiro atoms. The van der Waals surface area contributed by atoms with Crippen molar-refractivity contribution >= 4 is 22.7 Å². The number of nitrogens with one attached hydrogen (secondary N) is 3. The minimum absolute atomic E-state index is 0.162. The van der Waals surface area contributed by atoms with E-state index in [4.69, 9.17) is 4.74 Å². The zero-order valence-electron chi connectivity index (χ0n) is 19.1. The Balaban J connectivity index is 1.41. The van der Waals surface area contributed by atoms with Crippen molar-refractivity contribution in [3.63, 3.8) is 0 Å². The van der Waals surface area contributed by atoms with Crippen LogP contribution in [0.1, 0.15) is 34.6 Å². The fraction of sp³-hybridized carbons (Fsp3) is 0.375. The molecule has 4 rings (SSSR count). The van der Waals surface area contributed by atoms with Crippen molar-refractivity contribution in [2.45, 2.75) is 25.2 Å². The summed E-state index contributed by atoms with van der Waals surface area (Å²) in [6.07, 6.45) is -4.42. The molecule has 2 aromatic carbocycles. The van der Waals surface area contributed by atoms with E-state index < -0.39 is 29.6 Å². The van der Waals surface area contributed by atoms with Crippen LogP contribution < -0.4 is 10.6 Å². The number of fused-ring (bicyclic) bond motifs is 1. The van der Waals surface area contributed by atoms with E-state index in [2.05, 4.69) is 25.7 Å². The quantitative estimate of drug-likeness (QED) is 0.474. The lowest BCUT2D eigenvalue weighted by atomic mass is 10.0. The van der Waals surface area contributed by atoms with E-state index >= 15 is 0 Å². The molecule has 0 radical (unpaired) electrons. The van der Waals surface area contributed by atoms with Gasteiger partial charge in [-0.1, -0.05) is 30.3 Å². The van der Waals surface area contributed by atoms with Crippen molar-refractivity contribution in [3.05, 3.63) is 65.4 Å². The normalized spacial score (nSPS) is 16.6. The molecular formula is C24H26F3N5O3. The smallest absolute Gasteiger partial charge is 0.379 e. The van der Waals surface area contributed by atoms with E-state index in [1.54, 1.807) is 25.1 Å². The first-order chi connectivity index (χ1) is 16.7. The van der Waals surface area contributed by atoms with Crippen LogP contribution in [0.2, 0.25) is 0 Å². The Kier molecular flexibility index (Phi) is 7.37. The van der Waals surface area contributed by atoms with Gasteiger partial charge in [-0.25, -0.2) is 0 Å². The van der Waals surface area contributed by atoms with Gasteiger partial charge in [-0.15, -0.1) is 0 Å². The highest BCUT2D eigenvalue weighted by Crippen LogP contribution is 2.31. The van der Waals surface area contributed by atoms with Crippen molar-refractivity contribution in [3.8, 4) is 0 Å². The maximum absolute atomic E-state index is 13.0. The number of carbonyl (C=O) groups is 2. The summed E-state index contributed by atoms with van der Waals surface area (Å²) in [5, 5.41) is 12.9. The summed E-state index contributed by atoms with van der Waals surface area (Å²) in [6, 6.07) is 10.9. The van der Waals surface area contributed by atoms with Gasteiger partial charge in [0, 0.05) is 25.0 Å². The van der Waals surface area contributed by atoms with Gasteiger partial charge >= 0.3 is 6.18 Å². The van der Waals surface area contributed by atoms with Crippen LogP contribution in [0.5, 0.6) is 0 Å². The summed E-state index contributed by atoms with van der Waals surface area (Å²) < 4.78 is 44.3.